The third-order valence-electron chi connectivity index (χ3n) is 3.66. The zero-order valence-electron chi connectivity index (χ0n) is 16.1. The second-order valence-electron chi connectivity index (χ2n) is 5.47. The van der Waals surface area contributed by atoms with Crippen LogP contribution in [-0.2, 0) is 9.68 Å². The molecule has 0 radical (unpaired) electrons. The lowest BCUT2D eigenvalue weighted by Gasteiger charge is -2.06. The Hall–Kier alpha value is -3.50. The van der Waals surface area contributed by atoms with Crippen molar-refractivity contribution in [2.45, 2.75) is 0 Å². The number of nitrogens with zero attached hydrogens (tertiary/aromatic N) is 6. The van der Waals surface area contributed by atoms with Crippen molar-refractivity contribution < 1.29 is 9.68 Å². The number of aromatic nitrogens is 4. The Bertz CT molecular complexity index is 933. The third-order valence-corrected chi connectivity index (χ3v) is 3.66. The quantitative estimate of drug-likeness (QED) is 0.329. The van der Waals surface area contributed by atoms with Crippen molar-refractivity contribution in [3.05, 3.63) is 60.4 Å². The maximum Gasteiger partial charge on any atom is 0.188 e. The van der Waals surface area contributed by atoms with Gasteiger partial charge in [0.1, 0.15) is 25.6 Å². The van der Waals surface area contributed by atoms with Crippen LogP contribution in [0.1, 0.15) is 11.4 Å². The Labute approximate surface area is 185 Å². The molecule has 0 fully saturated rings. The molecule has 3 heterocycles. The molecule has 4 N–H and O–H groups in total. The van der Waals surface area contributed by atoms with Crippen LogP contribution in [0.2, 0.25) is 0 Å². The number of rotatable bonds is 6. The zero-order valence-corrected chi connectivity index (χ0v) is 17.7. The van der Waals surface area contributed by atoms with Gasteiger partial charge in [0.2, 0.25) is 0 Å². The first-order chi connectivity index (χ1) is 13.6. The summed E-state index contributed by atoms with van der Waals surface area (Å²) in [4.78, 5) is 26.7. The summed E-state index contributed by atoms with van der Waals surface area (Å²) in [7, 11) is 2.84. The molecular weight excluding hydrogens is 431 g/mol. The van der Waals surface area contributed by atoms with Gasteiger partial charge in [0.25, 0.3) is 0 Å². The summed E-state index contributed by atoms with van der Waals surface area (Å²) in [5.41, 5.74) is 15.4. The van der Waals surface area contributed by atoms with Crippen LogP contribution in [0.3, 0.4) is 0 Å². The normalized spacial score (nSPS) is 11.1. The number of hydrogen-bond donors (Lipinski definition) is 2. The molecule has 0 aromatic carbocycles. The first kappa shape index (κ1) is 24.5. The molecule has 0 spiro atoms. The van der Waals surface area contributed by atoms with Crippen LogP contribution in [0.15, 0.2) is 59.4 Å². The van der Waals surface area contributed by atoms with E-state index >= 15 is 0 Å². The molecule has 3 aromatic heterocycles. The van der Waals surface area contributed by atoms with Crippen molar-refractivity contribution in [1.82, 2.24) is 19.9 Å². The van der Waals surface area contributed by atoms with Gasteiger partial charge in [-0.1, -0.05) is 10.3 Å². The highest BCUT2D eigenvalue weighted by molar-refractivity contribution is 5.96. The van der Waals surface area contributed by atoms with Crippen LogP contribution in [-0.4, -0.2) is 45.8 Å². The summed E-state index contributed by atoms with van der Waals surface area (Å²) in [6, 6.07) is 7.13. The van der Waals surface area contributed by atoms with Crippen molar-refractivity contribution in [2.24, 2.45) is 21.8 Å². The van der Waals surface area contributed by atoms with Crippen molar-refractivity contribution >= 4 is 36.5 Å². The fraction of sp³-hybridized carbons (Fsp3) is 0.111. The predicted octanol–water partition coefficient (Wildman–Crippen LogP) is 1.98. The maximum atomic E-state index is 5.75. The summed E-state index contributed by atoms with van der Waals surface area (Å²) in [6.45, 7) is 0. The van der Waals surface area contributed by atoms with E-state index in [-0.39, 0.29) is 36.5 Å². The number of amidine groups is 2. The van der Waals surface area contributed by atoms with Crippen molar-refractivity contribution in [3.8, 4) is 22.5 Å². The maximum absolute atomic E-state index is 5.75. The predicted molar refractivity (Wildman–Crippen MR) is 118 cm³/mol. The van der Waals surface area contributed by atoms with E-state index in [0.29, 0.717) is 22.8 Å². The summed E-state index contributed by atoms with van der Waals surface area (Å²) < 4.78 is 0. The van der Waals surface area contributed by atoms with Crippen LogP contribution in [0.25, 0.3) is 22.5 Å². The topological polar surface area (TPSA) is 147 Å². The lowest BCUT2D eigenvalue weighted by atomic mass is 10.1. The van der Waals surface area contributed by atoms with E-state index in [2.05, 4.69) is 39.9 Å². The summed E-state index contributed by atoms with van der Waals surface area (Å²) >= 11 is 0. The smallest absolute Gasteiger partial charge is 0.188 e. The Kier molecular flexibility index (Phi) is 9.40. The lowest BCUT2D eigenvalue weighted by Crippen LogP contribution is -2.15. The third kappa shape index (κ3) is 5.75. The van der Waals surface area contributed by atoms with Crippen LogP contribution >= 0.6 is 24.8 Å². The van der Waals surface area contributed by atoms with Gasteiger partial charge in [-0.05, 0) is 24.3 Å². The van der Waals surface area contributed by atoms with Gasteiger partial charge in [-0.25, -0.2) is 4.98 Å². The summed E-state index contributed by atoms with van der Waals surface area (Å²) in [5, 5.41) is 7.31. The Morgan fingerprint density at radius 2 is 1.17 bits per heavy atom. The second kappa shape index (κ2) is 11.5. The summed E-state index contributed by atoms with van der Waals surface area (Å²) in [6.07, 6.45) is 6.59. The second-order valence-corrected chi connectivity index (χ2v) is 5.47. The molecule has 0 unspecified atom stereocenters. The average molecular weight is 451 g/mol. The highest BCUT2D eigenvalue weighted by Crippen LogP contribution is 2.21. The molecule has 0 aliphatic rings. The van der Waals surface area contributed by atoms with Crippen LogP contribution in [0.5, 0.6) is 0 Å². The van der Waals surface area contributed by atoms with Crippen LogP contribution in [0, 0.1) is 0 Å². The van der Waals surface area contributed by atoms with E-state index in [4.69, 9.17) is 11.5 Å². The van der Waals surface area contributed by atoms with Gasteiger partial charge in [-0.3, -0.25) is 15.0 Å². The van der Waals surface area contributed by atoms with E-state index in [1.54, 1.807) is 36.9 Å². The van der Waals surface area contributed by atoms with Crippen molar-refractivity contribution in [3.63, 3.8) is 0 Å². The van der Waals surface area contributed by atoms with Gasteiger partial charge in [0.05, 0.1) is 23.8 Å². The van der Waals surface area contributed by atoms with E-state index in [1.165, 1.54) is 14.2 Å². The molecule has 30 heavy (non-hydrogen) atoms. The molecule has 0 atom stereocenters. The molecule has 0 aliphatic carbocycles. The molecule has 10 nitrogen and oxygen atoms in total. The minimum Gasteiger partial charge on any atom is -0.397 e. The molecule has 0 saturated heterocycles. The van der Waals surface area contributed by atoms with Gasteiger partial charge in [0, 0.05) is 23.5 Å². The van der Waals surface area contributed by atoms with E-state index in [9.17, 15) is 0 Å². The molecule has 158 valence electrons. The fourth-order valence-electron chi connectivity index (χ4n) is 2.33. The minimum atomic E-state index is 0. The first-order valence-electron chi connectivity index (χ1n) is 8.11. The zero-order chi connectivity index (χ0) is 19.9. The molecular formula is C18H20Cl2N8O2. The average Bonchev–Trinajstić information content (AvgIpc) is 2.74. The molecule has 0 amide bonds. The fourth-order valence-corrected chi connectivity index (χ4v) is 2.33. The standard InChI is InChI=1S/C18H18N8O2.2ClH/c1-27-25-17(19)13-5-3-11(7-22-13)15-9-21-10-16(24-15)12-4-6-14(23-8-12)18(20)26-28-2;;/h3-10H,1-2H3,(H2,19,25)(H2,20,26);2*1H. The van der Waals surface area contributed by atoms with Gasteiger partial charge in [0.15, 0.2) is 11.7 Å². The number of pyridine rings is 2. The van der Waals surface area contributed by atoms with Crippen molar-refractivity contribution in [2.75, 3.05) is 14.2 Å². The Morgan fingerprint density at radius 3 is 1.50 bits per heavy atom. The van der Waals surface area contributed by atoms with Crippen LogP contribution in [0.4, 0.5) is 0 Å². The number of nitrogens with two attached hydrogens (primary N) is 2. The SMILES string of the molecule is CO/N=C(/N)c1ccc(-c2cncc(-c3ccc(/C(N)=N\OC)nc3)n2)cn1.Cl.Cl. The number of hydrogen-bond acceptors (Lipinski definition) is 8. The van der Waals surface area contributed by atoms with E-state index < -0.39 is 0 Å². The minimum absolute atomic E-state index is 0. The Balaban J connectivity index is 0.00000225. The first-order valence-corrected chi connectivity index (χ1v) is 8.11. The molecule has 0 saturated carbocycles. The van der Waals surface area contributed by atoms with Gasteiger partial charge < -0.3 is 21.1 Å². The highest BCUT2D eigenvalue weighted by Gasteiger charge is 2.08. The van der Waals surface area contributed by atoms with Gasteiger partial charge in [-0.2, -0.15) is 0 Å². The van der Waals surface area contributed by atoms with Gasteiger partial charge in [-0.15, -0.1) is 24.8 Å². The molecule has 0 bridgehead atoms. The lowest BCUT2D eigenvalue weighted by molar-refractivity contribution is 0.213. The van der Waals surface area contributed by atoms with E-state index in [1.807, 2.05) is 12.1 Å². The highest BCUT2D eigenvalue weighted by atomic mass is 35.5. The van der Waals surface area contributed by atoms with E-state index in [0.717, 1.165) is 11.1 Å². The summed E-state index contributed by atoms with van der Waals surface area (Å²) in [5.74, 6) is 0.382. The van der Waals surface area contributed by atoms with Crippen molar-refractivity contribution in [1.29, 1.82) is 0 Å². The monoisotopic (exact) mass is 450 g/mol. The van der Waals surface area contributed by atoms with Gasteiger partial charge >= 0.3 is 0 Å². The Morgan fingerprint density at radius 1 is 0.733 bits per heavy atom. The molecule has 12 heteroatoms. The molecule has 0 aliphatic heterocycles. The number of halogens is 2. The number of oxime groups is 2. The molecule has 3 rings (SSSR count). The molecule has 3 aromatic rings. The largest absolute Gasteiger partial charge is 0.397 e. The van der Waals surface area contributed by atoms with Crippen LogP contribution < -0.4 is 11.5 Å².